The second-order valence-electron chi connectivity index (χ2n) is 5.65. The van der Waals surface area contributed by atoms with Crippen LogP contribution in [0.15, 0.2) is 35.1 Å². The van der Waals surface area contributed by atoms with Crippen LogP contribution >= 0.6 is 27.5 Å². The number of aromatic amines is 1. The number of rotatable bonds is 5. The van der Waals surface area contributed by atoms with Gasteiger partial charge in [-0.2, -0.15) is 0 Å². The van der Waals surface area contributed by atoms with Crippen molar-refractivity contribution in [1.82, 2.24) is 9.97 Å². The van der Waals surface area contributed by atoms with E-state index >= 15 is 0 Å². The molecular formula is C16H12BrClFN3O3S. The fourth-order valence-electron chi connectivity index (χ4n) is 2.43. The molecule has 0 aliphatic rings. The molecule has 0 radical (unpaired) electrons. The summed E-state index contributed by atoms with van der Waals surface area (Å²) in [5.74, 6) is -2.26. The average molecular weight is 461 g/mol. The summed E-state index contributed by atoms with van der Waals surface area (Å²) < 4.78 is 38.7. The summed E-state index contributed by atoms with van der Waals surface area (Å²) >= 11 is 9.42. The number of nitrogens with zero attached hydrogens (tertiary/aromatic N) is 1. The number of ketones is 1. The van der Waals surface area contributed by atoms with Crippen LogP contribution in [0.5, 0.6) is 0 Å². The van der Waals surface area contributed by atoms with Crippen molar-refractivity contribution in [1.29, 1.82) is 0 Å². The van der Waals surface area contributed by atoms with Gasteiger partial charge in [-0.1, -0.05) is 27.5 Å². The molecule has 0 saturated carbocycles. The molecule has 0 amide bonds. The Morgan fingerprint density at radius 1 is 1.38 bits per heavy atom. The summed E-state index contributed by atoms with van der Waals surface area (Å²) in [6.07, 6.45) is 2.23. The minimum absolute atomic E-state index is 0.0247. The van der Waals surface area contributed by atoms with Gasteiger partial charge >= 0.3 is 0 Å². The van der Waals surface area contributed by atoms with Crippen molar-refractivity contribution in [3.05, 3.63) is 51.5 Å². The van der Waals surface area contributed by atoms with Crippen LogP contribution in [0.25, 0.3) is 11.0 Å². The van der Waals surface area contributed by atoms with E-state index in [2.05, 4.69) is 31.2 Å². The Hall–Kier alpha value is -1.97. The Kier molecular flexibility index (Phi) is 5.05. The third-order valence-electron chi connectivity index (χ3n) is 3.54. The van der Waals surface area contributed by atoms with Crippen molar-refractivity contribution in [3.8, 4) is 0 Å². The van der Waals surface area contributed by atoms with Gasteiger partial charge in [0.25, 0.3) is 0 Å². The predicted molar refractivity (Wildman–Crippen MR) is 103 cm³/mol. The molecule has 1 heterocycles. The van der Waals surface area contributed by atoms with Crippen molar-refractivity contribution < 1.29 is 17.6 Å². The first-order valence-corrected chi connectivity index (χ1v) is 10.5. The van der Waals surface area contributed by atoms with Gasteiger partial charge in [0.15, 0.2) is 21.4 Å². The van der Waals surface area contributed by atoms with E-state index in [0.29, 0.717) is 10.7 Å². The SMILES string of the molecule is CS(=O)(=O)CC(=O)c1cc2[nH]cnc2c(F)c1Nc1ccc(Br)cc1Cl. The fourth-order valence-corrected chi connectivity index (χ4v) is 3.78. The molecule has 1 aromatic heterocycles. The third kappa shape index (κ3) is 3.89. The summed E-state index contributed by atoms with van der Waals surface area (Å²) in [6, 6.07) is 6.27. The molecule has 0 atom stereocenters. The summed E-state index contributed by atoms with van der Waals surface area (Å²) in [7, 11) is -3.59. The van der Waals surface area contributed by atoms with E-state index in [9.17, 15) is 17.6 Å². The standard InChI is InChI=1S/C16H12BrClFN3O3S/c1-26(24,25)6-13(23)9-5-12-16(21-7-20-12)14(19)15(9)22-11-3-2-8(17)4-10(11)18/h2-5,7,22H,6H2,1H3,(H,20,21). The van der Waals surface area contributed by atoms with Gasteiger partial charge in [-0.3, -0.25) is 4.79 Å². The number of fused-ring (bicyclic) bond motifs is 1. The maximum atomic E-state index is 15.0. The molecule has 10 heteroatoms. The summed E-state index contributed by atoms with van der Waals surface area (Å²) in [6.45, 7) is 0. The van der Waals surface area contributed by atoms with Crippen molar-refractivity contribution in [3.63, 3.8) is 0 Å². The van der Waals surface area contributed by atoms with Gasteiger partial charge < -0.3 is 10.3 Å². The lowest BCUT2D eigenvalue weighted by atomic mass is 10.1. The van der Waals surface area contributed by atoms with Crippen LogP contribution in [0.2, 0.25) is 5.02 Å². The number of carbonyl (C=O) groups excluding carboxylic acids is 1. The number of Topliss-reactive ketones (excluding diaryl/α,β-unsaturated/α-hetero) is 1. The van der Waals surface area contributed by atoms with E-state index in [4.69, 9.17) is 11.6 Å². The average Bonchev–Trinajstić information content (AvgIpc) is 2.99. The van der Waals surface area contributed by atoms with E-state index in [-0.39, 0.29) is 22.3 Å². The van der Waals surface area contributed by atoms with Crippen LogP contribution in [-0.2, 0) is 9.84 Å². The molecule has 0 unspecified atom stereocenters. The van der Waals surface area contributed by atoms with Gasteiger partial charge in [0.2, 0.25) is 0 Å². The van der Waals surface area contributed by atoms with Crippen molar-refractivity contribution in [2.45, 2.75) is 0 Å². The maximum absolute atomic E-state index is 15.0. The summed E-state index contributed by atoms with van der Waals surface area (Å²) in [4.78, 5) is 19.1. The molecule has 2 N–H and O–H groups in total. The fraction of sp³-hybridized carbons (Fsp3) is 0.125. The number of halogens is 3. The minimum Gasteiger partial charge on any atom is -0.351 e. The number of hydrogen-bond acceptors (Lipinski definition) is 5. The Morgan fingerprint density at radius 2 is 2.12 bits per heavy atom. The van der Waals surface area contributed by atoms with Gasteiger partial charge in [0, 0.05) is 16.3 Å². The quantitative estimate of drug-likeness (QED) is 0.560. The molecule has 3 aromatic rings. The monoisotopic (exact) mass is 459 g/mol. The minimum atomic E-state index is -3.59. The van der Waals surface area contributed by atoms with Crippen LogP contribution < -0.4 is 5.32 Å². The Bertz CT molecular complexity index is 1130. The van der Waals surface area contributed by atoms with E-state index in [0.717, 1.165) is 10.7 Å². The topological polar surface area (TPSA) is 91.9 Å². The van der Waals surface area contributed by atoms with Crippen LogP contribution in [0, 0.1) is 5.82 Å². The Balaban J connectivity index is 2.16. The number of imidazole rings is 1. The molecule has 26 heavy (non-hydrogen) atoms. The molecule has 6 nitrogen and oxygen atoms in total. The van der Waals surface area contributed by atoms with Crippen LogP contribution in [0.3, 0.4) is 0 Å². The predicted octanol–water partition coefficient (Wildman–Crippen LogP) is 4.09. The number of hydrogen-bond donors (Lipinski definition) is 2. The van der Waals surface area contributed by atoms with Crippen LogP contribution in [0.1, 0.15) is 10.4 Å². The Morgan fingerprint density at radius 3 is 2.77 bits per heavy atom. The van der Waals surface area contributed by atoms with Crippen LogP contribution in [-0.4, -0.2) is 36.2 Å². The largest absolute Gasteiger partial charge is 0.351 e. The van der Waals surface area contributed by atoms with Crippen molar-refractivity contribution >= 4 is 65.6 Å². The lowest BCUT2D eigenvalue weighted by Crippen LogP contribution is -2.16. The molecular weight excluding hydrogens is 449 g/mol. The van der Waals surface area contributed by atoms with Crippen LogP contribution in [0.4, 0.5) is 15.8 Å². The molecule has 0 saturated heterocycles. The second kappa shape index (κ2) is 6.98. The number of H-pyrrole nitrogens is 1. The number of carbonyl (C=O) groups is 1. The highest BCUT2D eigenvalue weighted by molar-refractivity contribution is 9.10. The highest BCUT2D eigenvalue weighted by atomic mass is 79.9. The second-order valence-corrected chi connectivity index (χ2v) is 9.12. The van der Waals surface area contributed by atoms with Crippen molar-refractivity contribution in [2.24, 2.45) is 0 Å². The number of benzene rings is 2. The number of nitrogens with one attached hydrogen (secondary N) is 2. The van der Waals surface area contributed by atoms with Gasteiger partial charge in [-0.25, -0.2) is 17.8 Å². The molecule has 3 rings (SSSR count). The van der Waals surface area contributed by atoms with E-state index in [1.807, 2.05) is 0 Å². The zero-order valence-corrected chi connectivity index (χ0v) is 16.5. The van der Waals surface area contributed by atoms with Gasteiger partial charge in [0.05, 0.1) is 28.2 Å². The highest BCUT2D eigenvalue weighted by Gasteiger charge is 2.23. The lowest BCUT2D eigenvalue weighted by Gasteiger charge is -2.14. The van der Waals surface area contributed by atoms with Gasteiger partial charge in [0.1, 0.15) is 11.3 Å². The van der Waals surface area contributed by atoms with E-state index < -0.39 is 27.2 Å². The molecule has 0 bridgehead atoms. The molecule has 0 aliphatic heterocycles. The lowest BCUT2D eigenvalue weighted by molar-refractivity contribution is 0.102. The zero-order chi connectivity index (χ0) is 19.1. The Labute approximate surface area is 161 Å². The third-order valence-corrected chi connectivity index (χ3v) is 5.13. The first-order chi connectivity index (χ1) is 12.2. The van der Waals surface area contributed by atoms with Gasteiger partial charge in [-0.15, -0.1) is 0 Å². The normalized spacial score (nSPS) is 11.7. The first-order valence-electron chi connectivity index (χ1n) is 7.24. The highest BCUT2D eigenvalue weighted by Crippen LogP contribution is 2.34. The summed E-state index contributed by atoms with van der Waals surface area (Å²) in [5, 5.41) is 3.08. The van der Waals surface area contributed by atoms with Crippen molar-refractivity contribution in [2.75, 3.05) is 17.3 Å². The van der Waals surface area contributed by atoms with Gasteiger partial charge in [-0.05, 0) is 24.3 Å². The first kappa shape index (κ1) is 18.8. The smallest absolute Gasteiger partial charge is 0.180 e. The number of anilines is 2. The molecule has 0 fully saturated rings. The van der Waals surface area contributed by atoms with E-state index in [1.165, 1.54) is 12.4 Å². The summed E-state index contributed by atoms with van der Waals surface area (Å²) in [5.41, 5.74) is 0.381. The molecule has 0 spiro atoms. The molecule has 136 valence electrons. The molecule has 0 aliphatic carbocycles. The molecule has 2 aromatic carbocycles. The maximum Gasteiger partial charge on any atom is 0.180 e. The number of sulfone groups is 1. The van der Waals surface area contributed by atoms with E-state index in [1.54, 1.807) is 18.2 Å². The zero-order valence-electron chi connectivity index (χ0n) is 13.3. The number of aromatic nitrogens is 2.